The zero-order valence-corrected chi connectivity index (χ0v) is 13.1. The van der Waals surface area contributed by atoms with Crippen LogP contribution in [0.25, 0.3) is 5.69 Å². The van der Waals surface area contributed by atoms with Gasteiger partial charge in [0.15, 0.2) is 11.5 Å². The van der Waals surface area contributed by atoms with E-state index < -0.39 is 0 Å². The van der Waals surface area contributed by atoms with Gasteiger partial charge in [0.25, 0.3) is 0 Å². The highest BCUT2D eigenvalue weighted by atomic mass is 35.5. The third-order valence-corrected chi connectivity index (χ3v) is 3.53. The second kappa shape index (κ2) is 5.22. The Bertz CT molecular complexity index is 661. The van der Waals surface area contributed by atoms with Gasteiger partial charge in [0, 0.05) is 17.9 Å². The summed E-state index contributed by atoms with van der Waals surface area (Å²) in [4.78, 5) is 0. The van der Waals surface area contributed by atoms with Crippen molar-refractivity contribution >= 4 is 11.6 Å². The second-order valence-corrected chi connectivity index (χ2v) is 6.40. The molecule has 0 atom stereocenters. The second-order valence-electron chi connectivity index (χ2n) is 6.06. The maximum Gasteiger partial charge on any atom is 0.229 e. The zero-order chi connectivity index (χ0) is 15.0. The highest BCUT2D eigenvalue weighted by Crippen LogP contribution is 2.34. The van der Waals surface area contributed by atoms with E-state index in [2.05, 4.69) is 31.0 Å². The van der Waals surface area contributed by atoms with Crippen molar-refractivity contribution in [3.63, 3.8) is 0 Å². The van der Waals surface area contributed by atoms with Gasteiger partial charge >= 0.3 is 0 Å². The third-order valence-electron chi connectivity index (χ3n) is 3.28. The van der Waals surface area contributed by atoms with Crippen LogP contribution in [0.3, 0.4) is 0 Å². The minimum absolute atomic E-state index is 0.162. The van der Waals surface area contributed by atoms with Crippen molar-refractivity contribution in [1.82, 2.24) is 14.8 Å². The quantitative estimate of drug-likeness (QED) is 0.810. The van der Waals surface area contributed by atoms with Crippen molar-refractivity contribution in [3.05, 3.63) is 29.3 Å². The van der Waals surface area contributed by atoms with Crippen LogP contribution in [0.5, 0.6) is 11.5 Å². The summed E-state index contributed by atoms with van der Waals surface area (Å²) in [5.74, 6) is 2.30. The molecule has 5 nitrogen and oxygen atoms in total. The Morgan fingerprint density at radius 1 is 1.10 bits per heavy atom. The van der Waals surface area contributed by atoms with E-state index in [0.29, 0.717) is 18.5 Å². The van der Waals surface area contributed by atoms with Crippen LogP contribution in [-0.2, 0) is 5.41 Å². The number of hydrogen-bond acceptors (Lipinski definition) is 4. The van der Waals surface area contributed by atoms with Crippen molar-refractivity contribution in [3.8, 4) is 17.2 Å². The first-order chi connectivity index (χ1) is 9.97. The summed E-state index contributed by atoms with van der Waals surface area (Å²) in [6.07, 6.45) is 0.880. The molecule has 0 fully saturated rings. The van der Waals surface area contributed by atoms with E-state index in [4.69, 9.17) is 21.1 Å². The van der Waals surface area contributed by atoms with Crippen LogP contribution >= 0.6 is 11.6 Å². The summed E-state index contributed by atoms with van der Waals surface area (Å²) in [5, 5.41) is 8.54. The molecule has 1 aliphatic heterocycles. The van der Waals surface area contributed by atoms with Gasteiger partial charge in [-0.15, -0.1) is 10.2 Å². The number of aromatic nitrogens is 3. The number of hydrogen-bond donors (Lipinski definition) is 0. The summed E-state index contributed by atoms with van der Waals surface area (Å²) in [7, 11) is 0. The van der Waals surface area contributed by atoms with Gasteiger partial charge in [-0.05, 0) is 23.7 Å². The highest BCUT2D eigenvalue weighted by Gasteiger charge is 2.25. The number of benzene rings is 1. The summed E-state index contributed by atoms with van der Waals surface area (Å²) >= 11 is 6.22. The number of ether oxygens (including phenoxy) is 2. The standard InChI is InChI=1S/C15H18ClN3O2/c1-15(2,3)13-17-18-14(16)19(13)10-5-6-11-12(9-10)21-8-4-7-20-11/h5-6,9H,4,7-8H2,1-3H3. The van der Waals surface area contributed by atoms with Gasteiger partial charge in [0.05, 0.1) is 18.9 Å². The maximum absolute atomic E-state index is 6.22. The lowest BCUT2D eigenvalue weighted by molar-refractivity contribution is 0.297. The summed E-state index contributed by atoms with van der Waals surface area (Å²) in [5.41, 5.74) is 0.712. The van der Waals surface area contributed by atoms with Gasteiger partial charge in [-0.25, -0.2) is 0 Å². The van der Waals surface area contributed by atoms with E-state index in [1.54, 1.807) is 0 Å². The topological polar surface area (TPSA) is 49.2 Å². The molecule has 0 unspecified atom stereocenters. The molecule has 0 bridgehead atoms. The first-order valence-corrected chi connectivity index (χ1v) is 7.36. The van der Waals surface area contributed by atoms with Crippen LogP contribution in [0.15, 0.2) is 18.2 Å². The Hall–Kier alpha value is -1.75. The zero-order valence-electron chi connectivity index (χ0n) is 12.4. The molecule has 1 aliphatic rings. The van der Waals surface area contributed by atoms with Crippen LogP contribution in [0.1, 0.15) is 33.0 Å². The first-order valence-electron chi connectivity index (χ1n) is 6.98. The molecule has 0 spiro atoms. The van der Waals surface area contributed by atoms with Crippen molar-refractivity contribution in [2.45, 2.75) is 32.6 Å². The van der Waals surface area contributed by atoms with Crippen LogP contribution in [0.4, 0.5) is 0 Å². The largest absolute Gasteiger partial charge is 0.490 e. The molecule has 0 saturated heterocycles. The molecule has 3 rings (SSSR count). The first kappa shape index (κ1) is 14.2. The fourth-order valence-corrected chi connectivity index (χ4v) is 2.49. The summed E-state index contributed by atoms with van der Waals surface area (Å²) in [6, 6.07) is 5.77. The normalized spacial score (nSPS) is 14.9. The molecule has 0 aliphatic carbocycles. The van der Waals surface area contributed by atoms with E-state index >= 15 is 0 Å². The minimum Gasteiger partial charge on any atom is -0.490 e. The molecule has 112 valence electrons. The number of fused-ring (bicyclic) bond motifs is 1. The Balaban J connectivity index is 2.09. The summed E-state index contributed by atoms with van der Waals surface area (Å²) < 4.78 is 13.2. The van der Waals surface area contributed by atoms with E-state index in [0.717, 1.165) is 29.4 Å². The number of nitrogens with zero attached hydrogens (tertiary/aromatic N) is 3. The average molecular weight is 308 g/mol. The summed E-state index contributed by atoms with van der Waals surface area (Å²) in [6.45, 7) is 7.55. The lowest BCUT2D eigenvalue weighted by Crippen LogP contribution is -2.18. The molecule has 1 aromatic heterocycles. The molecule has 0 N–H and O–H groups in total. The Morgan fingerprint density at radius 2 is 1.81 bits per heavy atom. The van der Waals surface area contributed by atoms with Gasteiger partial charge < -0.3 is 9.47 Å². The fraction of sp³-hybridized carbons (Fsp3) is 0.467. The molecule has 6 heteroatoms. The minimum atomic E-state index is -0.162. The molecule has 0 radical (unpaired) electrons. The van der Waals surface area contributed by atoms with E-state index in [1.165, 1.54) is 0 Å². The molecule has 2 aromatic rings. The van der Waals surface area contributed by atoms with Crippen LogP contribution in [0, 0.1) is 0 Å². The SMILES string of the molecule is CC(C)(C)c1nnc(Cl)n1-c1ccc2c(c1)OCCCO2. The maximum atomic E-state index is 6.22. The van der Waals surface area contributed by atoms with Gasteiger partial charge in [-0.2, -0.15) is 0 Å². The van der Waals surface area contributed by atoms with Crippen molar-refractivity contribution < 1.29 is 9.47 Å². The van der Waals surface area contributed by atoms with Gasteiger partial charge in [-0.3, -0.25) is 4.57 Å². The Morgan fingerprint density at radius 3 is 2.52 bits per heavy atom. The Labute approximate surface area is 128 Å². The van der Waals surface area contributed by atoms with E-state index in [-0.39, 0.29) is 5.41 Å². The van der Waals surface area contributed by atoms with Crippen LogP contribution in [-0.4, -0.2) is 28.0 Å². The van der Waals surface area contributed by atoms with Crippen LogP contribution in [0.2, 0.25) is 5.28 Å². The lowest BCUT2D eigenvalue weighted by Gasteiger charge is -2.19. The highest BCUT2D eigenvalue weighted by molar-refractivity contribution is 6.28. The van der Waals surface area contributed by atoms with E-state index in [9.17, 15) is 0 Å². The van der Waals surface area contributed by atoms with Crippen molar-refractivity contribution in [2.24, 2.45) is 0 Å². The van der Waals surface area contributed by atoms with Gasteiger partial charge in [-0.1, -0.05) is 20.8 Å². The molecule has 2 heterocycles. The molecule has 0 saturated carbocycles. The van der Waals surface area contributed by atoms with Gasteiger partial charge in [0.1, 0.15) is 5.82 Å². The number of halogens is 1. The van der Waals surface area contributed by atoms with Crippen LogP contribution < -0.4 is 9.47 Å². The average Bonchev–Trinajstić information content (AvgIpc) is 2.68. The Kier molecular flexibility index (Phi) is 3.53. The smallest absolute Gasteiger partial charge is 0.229 e. The lowest BCUT2D eigenvalue weighted by atomic mass is 9.95. The van der Waals surface area contributed by atoms with Gasteiger partial charge in [0.2, 0.25) is 5.28 Å². The molecule has 21 heavy (non-hydrogen) atoms. The molecule has 1 aromatic carbocycles. The molecular formula is C15H18ClN3O2. The van der Waals surface area contributed by atoms with Crippen molar-refractivity contribution in [2.75, 3.05) is 13.2 Å². The van der Waals surface area contributed by atoms with Crippen molar-refractivity contribution in [1.29, 1.82) is 0 Å². The third kappa shape index (κ3) is 2.70. The monoisotopic (exact) mass is 307 g/mol. The number of rotatable bonds is 1. The van der Waals surface area contributed by atoms with E-state index in [1.807, 2.05) is 22.8 Å². The molecular weight excluding hydrogens is 290 g/mol. The predicted molar refractivity (Wildman–Crippen MR) is 80.7 cm³/mol. The predicted octanol–water partition coefficient (Wildman–Crippen LogP) is 3.38. The fourth-order valence-electron chi connectivity index (χ4n) is 2.27. The molecule has 0 amide bonds.